The second-order valence-electron chi connectivity index (χ2n) is 3.58. The second-order valence-corrected chi connectivity index (χ2v) is 3.58. The van der Waals surface area contributed by atoms with E-state index in [1.165, 1.54) is 0 Å². The molecule has 0 bridgehead atoms. The fourth-order valence-electron chi connectivity index (χ4n) is 1.42. The molecule has 0 rings (SSSR count). The van der Waals surface area contributed by atoms with Crippen molar-refractivity contribution < 1.29 is 14.3 Å². The van der Waals surface area contributed by atoms with Crippen LogP contribution in [0, 0.1) is 0 Å². The Morgan fingerprint density at radius 2 is 1.76 bits per heavy atom. The highest BCUT2D eigenvalue weighted by atomic mass is 16.7. The molecule has 2 N–H and O–H groups in total. The van der Waals surface area contributed by atoms with Crippen LogP contribution in [0.2, 0.25) is 0 Å². The maximum Gasteiger partial charge on any atom is 0.221 e. The number of ether oxygens (including phenoxy) is 2. The summed E-state index contributed by atoms with van der Waals surface area (Å²) in [5.41, 5.74) is 0. The van der Waals surface area contributed by atoms with Crippen LogP contribution in [0.4, 0.5) is 0 Å². The average molecular weight is 246 g/mol. The zero-order valence-corrected chi connectivity index (χ0v) is 11.3. The van der Waals surface area contributed by atoms with Crippen molar-refractivity contribution in [3.05, 3.63) is 0 Å². The fourth-order valence-corrected chi connectivity index (χ4v) is 1.42. The number of nitrogens with one attached hydrogen (secondary N) is 2. The molecule has 0 aromatic rings. The standard InChI is InChI=1S/C12H26N2O3/c1-4-14-11(15)7-9-13-10-8-12(16-5-2)17-6-3/h12-13H,4-10H2,1-3H3,(H,14,15). The van der Waals surface area contributed by atoms with Crippen molar-refractivity contribution in [3.8, 4) is 0 Å². The Morgan fingerprint density at radius 3 is 2.29 bits per heavy atom. The zero-order chi connectivity index (χ0) is 12.9. The van der Waals surface area contributed by atoms with E-state index in [1.807, 2.05) is 20.8 Å². The van der Waals surface area contributed by atoms with Gasteiger partial charge in [0.2, 0.25) is 5.91 Å². The SMILES string of the molecule is CCNC(=O)CCNCCC(OCC)OCC. The lowest BCUT2D eigenvalue weighted by Crippen LogP contribution is -2.29. The van der Waals surface area contributed by atoms with Crippen molar-refractivity contribution in [1.29, 1.82) is 0 Å². The van der Waals surface area contributed by atoms with Crippen molar-refractivity contribution >= 4 is 5.91 Å². The van der Waals surface area contributed by atoms with Gasteiger partial charge in [0.05, 0.1) is 0 Å². The Morgan fingerprint density at radius 1 is 1.12 bits per heavy atom. The monoisotopic (exact) mass is 246 g/mol. The van der Waals surface area contributed by atoms with Gasteiger partial charge in [-0.2, -0.15) is 0 Å². The minimum atomic E-state index is -0.137. The molecule has 5 heteroatoms. The lowest BCUT2D eigenvalue weighted by molar-refractivity contribution is -0.138. The summed E-state index contributed by atoms with van der Waals surface area (Å²) in [4.78, 5) is 11.1. The van der Waals surface area contributed by atoms with Gasteiger partial charge < -0.3 is 20.1 Å². The van der Waals surface area contributed by atoms with E-state index in [-0.39, 0.29) is 12.2 Å². The summed E-state index contributed by atoms with van der Waals surface area (Å²) in [5.74, 6) is 0.0890. The topological polar surface area (TPSA) is 59.6 Å². The van der Waals surface area contributed by atoms with E-state index in [0.717, 1.165) is 13.0 Å². The van der Waals surface area contributed by atoms with Gasteiger partial charge in [0, 0.05) is 39.1 Å². The molecule has 0 spiro atoms. The molecule has 0 saturated carbocycles. The maximum absolute atomic E-state index is 11.1. The van der Waals surface area contributed by atoms with Crippen molar-refractivity contribution in [3.63, 3.8) is 0 Å². The minimum Gasteiger partial charge on any atom is -0.356 e. The van der Waals surface area contributed by atoms with Crippen LogP contribution in [-0.2, 0) is 14.3 Å². The molecular weight excluding hydrogens is 220 g/mol. The molecule has 102 valence electrons. The summed E-state index contributed by atoms with van der Waals surface area (Å²) in [7, 11) is 0. The number of rotatable bonds is 11. The molecule has 0 saturated heterocycles. The van der Waals surface area contributed by atoms with Crippen LogP contribution >= 0.6 is 0 Å². The highest BCUT2D eigenvalue weighted by molar-refractivity contribution is 5.75. The summed E-state index contributed by atoms with van der Waals surface area (Å²) in [6.07, 6.45) is 1.18. The summed E-state index contributed by atoms with van der Waals surface area (Å²) in [6, 6.07) is 0. The van der Waals surface area contributed by atoms with Crippen LogP contribution in [0.25, 0.3) is 0 Å². The minimum absolute atomic E-state index is 0.0890. The van der Waals surface area contributed by atoms with Gasteiger partial charge in [0.15, 0.2) is 6.29 Å². The molecule has 0 heterocycles. The first-order chi connectivity index (χ1) is 8.24. The fraction of sp³-hybridized carbons (Fsp3) is 0.917. The van der Waals surface area contributed by atoms with Crippen LogP contribution in [0.15, 0.2) is 0 Å². The molecule has 0 aliphatic rings. The molecule has 1 amide bonds. The van der Waals surface area contributed by atoms with Gasteiger partial charge in [0.1, 0.15) is 0 Å². The van der Waals surface area contributed by atoms with Crippen LogP contribution in [0.5, 0.6) is 0 Å². The second kappa shape index (κ2) is 11.8. The molecule has 5 nitrogen and oxygen atoms in total. The smallest absolute Gasteiger partial charge is 0.221 e. The Balaban J connectivity index is 3.44. The third kappa shape index (κ3) is 10.2. The van der Waals surface area contributed by atoms with E-state index in [2.05, 4.69) is 10.6 Å². The number of carbonyl (C=O) groups excluding carboxylic acids is 1. The largest absolute Gasteiger partial charge is 0.356 e. The molecule has 0 radical (unpaired) electrons. The third-order valence-corrected chi connectivity index (χ3v) is 2.16. The van der Waals surface area contributed by atoms with Gasteiger partial charge in [0.25, 0.3) is 0 Å². The van der Waals surface area contributed by atoms with Gasteiger partial charge >= 0.3 is 0 Å². The van der Waals surface area contributed by atoms with Gasteiger partial charge in [-0.25, -0.2) is 0 Å². The van der Waals surface area contributed by atoms with Crippen molar-refractivity contribution in [2.45, 2.75) is 39.9 Å². The number of amides is 1. The number of hydrogen-bond donors (Lipinski definition) is 2. The predicted molar refractivity (Wildman–Crippen MR) is 67.8 cm³/mol. The predicted octanol–water partition coefficient (Wildman–Crippen LogP) is 0.891. The molecule has 0 aromatic carbocycles. The molecule has 0 aliphatic heterocycles. The molecule has 17 heavy (non-hydrogen) atoms. The highest BCUT2D eigenvalue weighted by Gasteiger charge is 2.06. The number of hydrogen-bond acceptors (Lipinski definition) is 4. The summed E-state index contributed by atoms with van der Waals surface area (Å²) >= 11 is 0. The van der Waals surface area contributed by atoms with Crippen LogP contribution in [-0.4, -0.2) is 45.0 Å². The summed E-state index contributed by atoms with van der Waals surface area (Å²) in [6.45, 7) is 9.31. The van der Waals surface area contributed by atoms with E-state index in [0.29, 0.717) is 32.7 Å². The first-order valence-corrected chi connectivity index (χ1v) is 6.45. The first kappa shape index (κ1) is 16.4. The number of carbonyl (C=O) groups is 1. The van der Waals surface area contributed by atoms with E-state index in [1.54, 1.807) is 0 Å². The first-order valence-electron chi connectivity index (χ1n) is 6.45. The lowest BCUT2D eigenvalue weighted by Gasteiger charge is -2.16. The Labute approximate surface area is 104 Å². The van der Waals surface area contributed by atoms with Crippen molar-refractivity contribution in [2.75, 3.05) is 32.8 Å². The van der Waals surface area contributed by atoms with Gasteiger partial charge in [-0.15, -0.1) is 0 Å². The van der Waals surface area contributed by atoms with Gasteiger partial charge in [-0.05, 0) is 27.3 Å². The molecule has 0 aromatic heterocycles. The molecule has 0 fully saturated rings. The van der Waals surface area contributed by atoms with Crippen LogP contribution < -0.4 is 10.6 Å². The lowest BCUT2D eigenvalue weighted by atomic mass is 10.3. The van der Waals surface area contributed by atoms with Gasteiger partial charge in [-0.1, -0.05) is 0 Å². The Bertz CT molecular complexity index is 183. The molecule has 0 unspecified atom stereocenters. The maximum atomic E-state index is 11.1. The summed E-state index contributed by atoms with van der Waals surface area (Å²) in [5, 5.41) is 5.96. The third-order valence-electron chi connectivity index (χ3n) is 2.16. The van der Waals surface area contributed by atoms with Crippen molar-refractivity contribution in [2.24, 2.45) is 0 Å². The quantitative estimate of drug-likeness (QED) is 0.420. The van der Waals surface area contributed by atoms with Gasteiger partial charge in [-0.3, -0.25) is 4.79 Å². The molecular formula is C12H26N2O3. The van der Waals surface area contributed by atoms with Crippen LogP contribution in [0.3, 0.4) is 0 Å². The zero-order valence-electron chi connectivity index (χ0n) is 11.3. The normalized spacial score (nSPS) is 10.8. The molecule has 0 atom stereocenters. The average Bonchev–Trinajstić information content (AvgIpc) is 2.29. The van der Waals surface area contributed by atoms with Crippen molar-refractivity contribution in [1.82, 2.24) is 10.6 Å². The Hall–Kier alpha value is -0.650. The summed E-state index contributed by atoms with van der Waals surface area (Å²) < 4.78 is 10.8. The molecule has 0 aliphatic carbocycles. The van der Waals surface area contributed by atoms with Crippen LogP contribution in [0.1, 0.15) is 33.6 Å². The Kier molecular flexibility index (Phi) is 11.4. The van der Waals surface area contributed by atoms with E-state index >= 15 is 0 Å². The van der Waals surface area contributed by atoms with E-state index < -0.39 is 0 Å². The van der Waals surface area contributed by atoms with E-state index in [9.17, 15) is 4.79 Å². The van der Waals surface area contributed by atoms with E-state index in [4.69, 9.17) is 9.47 Å². The highest BCUT2D eigenvalue weighted by Crippen LogP contribution is 1.99.